The molecule has 3 aromatic carbocycles. The van der Waals surface area contributed by atoms with Gasteiger partial charge in [-0.3, -0.25) is 4.99 Å². The summed E-state index contributed by atoms with van der Waals surface area (Å²) < 4.78 is 20.0. The first-order valence-electron chi connectivity index (χ1n) is 9.89. The summed E-state index contributed by atoms with van der Waals surface area (Å²) in [6.07, 6.45) is 1.87. The van der Waals surface area contributed by atoms with E-state index in [-0.39, 0.29) is 5.82 Å². The van der Waals surface area contributed by atoms with E-state index >= 15 is 0 Å². The van der Waals surface area contributed by atoms with Crippen LogP contribution in [0.25, 0.3) is 11.1 Å². The topological polar surface area (TPSA) is 28.1 Å². The maximum absolute atomic E-state index is 14.6. The molecule has 0 aliphatic carbocycles. The molecule has 0 aromatic heterocycles. The van der Waals surface area contributed by atoms with Crippen LogP contribution < -0.4 is 9.80 Å². The first kappa shape index (κ1) is 17.9. The van der Waals surface area contributed by atoms with Crippen molar-refractivity contribution in [3.05, 3.63) is 78.1 Å². The zero-order valence-corrected chi connectivity index (χ0v) is 16.1. The monoisotopic (exact) mass is 387 g/mol. The first-order valence-corrected chi connectivity index (χ1v) is 9.89. The molecule has 29 heavy (non-hydrogen) atoms. The van der Waals surface area contributed by atoms with Crippen LogP contribution in [0.2, 0.25) is 0 Å². The molecule has 2 heterocycles. The minimum atomic E-state index is -0.217. The second-order valence-corrected chi connectivity index (χ2v) is 7.22. The minimum absolute atomic E-state index is 0.217. The Morgan fingerprint density at radius 3 is 2.31 bits per heavy atom. The third-order valence-corrected chi connectivity index (χ3v) is 5.49. The van der Waals surface area contributed by atoms with Gasteiger partial charge >= 0.3 is 0 Å². The molecule has 1 fully saturated rings. The molecular weight excluding hydrogens is 365 g/mol. The van der Waals surface area contributed by atoms with Gasteiger partial charge in [0, 0.05) is 47.4 Å². The molecule has 146 valence electrons. The Morgan fingerprint density at radius 1 is 0.793 bits per heavy atom. The molecule has 1 saturated heterocycles. The van der Waals surface area contributed by atoms with Crippen LogP contribution in [0.15, 0.2) is 71.7 Å². The van der Waals surface area contributed by atoms with Crippen LogP contribution in [0.5, 0.6) is 0 Å². The molecular formula is C24H22FN3O. The lowest BCUT2D eigenvalue weighted by atomic mass is 9.98. The van der Waals surface area contributed by atoms with Crippen LogP contribution in [-0.2, 0) is 4.74 Å². The Bertz CT molecular complexity index is 1040. The highest BCUT2D eigenvalue weighted by Crippen LogP contribution is 2.40. The van der Waals surface area contributed by atoms with Gasteiger partial charge in [-0.2, -0.15) is 0 Å². The summed E-state index contributed by atoms with van der Waals surface area (Å²) in [4.78, 5) is 9.01. The van der Waals surface area contributed by atoms with Gasteiger partial charge in [-0.15, -0.1) is 0 Å². The lowest BCUT2D eigenvalue weighted by Gasteiger charge is -2.32. The molecule has 0 spiro atoms. The largest absolute Gasteiger partial charge is 0.378 e. The lowest BCUT2D eigenvalue weighted by molar-refractivity contribution is 0.122. The third-order valence-electron chi connectivity index (χ3n) is 5.49. The van der Waals surface area contributed by atoms with Gasteiger partial charge in [-0.25, -0.2) is 4.39 Å². The maximum atomic E-state index is 14.6. The summed E-state index contributed by atoms with van der Waals surface area (Å²) in [6.45, 7) is 3.86. The number of morpholine rings is 1. The number of halogens is 1. The number of hydrogen-bond acceptors (Lipinski definition) is 4. The van der Waals surface area contributed by atoms with Crippen molar-refractivity contribution >= 4 is 23.3 Å². The van der Waals surface area contributed by atoms with Crippen LogP contribution in [0.4, 0.5) is 21.5 Å². The van der Waals surface area contributed by atoms with Gasteiger partial charge in [-0.05, 0) is 30.3 Å². The lowest BCUT2D eigenvalue weighted by Crippen LogP contribution is -2.36. The van der Waals surface area contributed by atoms with E-state index in [1.54, 1.807) is 6.07 Å². The first-order chi connectivity index (χ1) is 14.3. The number of anilines is 3. The highest BCUT2D eigenvalue weighted by Gasteiger charge is 2.22. The standard InChI is InChI=1S/C24H22FN3O/c25-23-7-2-1-5-21(23)22-6-3-4-18-16-26-17-28(24(18)22)20-10-8-19(9-11-20)27-12-14-29-15-13-27/h1-11,16H,12-15,17H2. The molecule has 0 bridgehead atoms. The highest BCUT2D eigenvalue weighted by molar-refractivity contribution is 5.98. The van der Waals surface area contributed by atoms with E-state index in [0.29, 0.717) is 12.2 Å². The average molecular weight is 387 g/mol. The number of ether oxygens (including phenoxy) is 1. The van der Waals surface area contributed by atoms with Crippen molar-refractivity contribution in [2.75, 3.05) is 42.8 Å². The van der Waals surface area contributed by atoms with Crippen LogP contribution in [0.3, 0.4) is 0 Å². The Morgan fingerprint density at radius 2 is 1.52 bits per heavy atom. The number of hydrogen-bond donors (Lipinski definition) is 0. The van der Waals surface area contributed by atoms with Gasteiger partial charge in [0.2, 0.25) is 0 Å². The SMILES string of the molecule is Fc1ccccc1-c1cccc2c1N(c1ccc(N3CCOCC3)cc1)CN=C2. The summed E-state index contributed by atoms with van der Waals surface area (Å²) >= 11 is 0. The fourth-order valence-corrected chi connectivity index (χ4v) is 4.03. The van der Waals surface area contributed by atoms with Gasteiger partial charge in [-0.1, -0.05) is 36.4 Å². The number of fused-ring (bicyclic) bond motifs is 1. The predicted molar refractivity (Wildman–Crippen MR) is 116 cm³/mol. The van der Waals surface area contributed by atoms with E-state index in [2.05, 4.69) is 39.1 Å². The molecule has 2 aliphatic heterocycles. The summed E-state index contributed by atoms with van der Waals surface area (Å²) in [5, 5.41) is 0. The van der Waals surface area contributed by atoms with Crippen molar-refractivity contribution in [2.24, 2.45) is 4.99 Å². The number of benzene rings is 3. The average Bonchev–Trinajstić information content (AvgIpc) is 2.79. The predicted octanol–water partition coefficient (Wildman–Crippen LogP) is 4.86. The molecule has 0 unspecified atom stereocenters. The quantitative estimate of drug-likeness (QED) is 0.643. The molecule has 0 radical (unpaired) electrons. The van der Waals surface area contributed by atoms with E-state index in [9.17, 15) is 4.39 Å². The molecule has 0 atom stereocenters. The Hall–Kier alpha value is -3.18. The number of rotatable bonds is 3. The molecule has 3 aromatic rings. The second kappa shape index (κ2) is 7.68. The number of nitrogens with zero attached hydrogens (tertiary/aromatic N) is 3. The van der Waals surface area contributed by atoms with E-state index in [1.165, 1.54) is 11.8 Å². The van der Waals surface area contributed by atoms with Crippen LogP contribution in [-0.4, -0.2) is 39.2 Å². The molecule has 0 N–H and O–H groups in total. The Kier molecular flexibility index (Phi) is 4.74. The number of para-hydroxylation sites is 1. The molecule has 0 amide bonds. The fraction of sp³-hybridized carbons (Fsp3) is 0.208. The summed E-state index contributed by atoms with van der Waals surface area (Å²) in [5.74, 6) is -0.217. The number of aliphatic imine (C=N–C) groups is 1. The smallest absolute Gasteiger partial charge is 0.131 e. The summed E-state index contributed by atoms with van der Waals surface area (Å²) in [6, 6.07) is 21.4. The second-order valence-electron chi connectivity index (χ2n) is 7.22. The van der Waals surface area contributed by atoms with Crippen molar-refractivity contribution in [3.63, 3.8) is 0 Å². The molecule has 2 aliphatic rings. The third kappa shape index (κ3) is 3.38. The zero-order valence-electron chi connectivity index (χ0n) is 16.1. The molecule has 5 rings (SSSR count). The van der Waals surface area contributed by atoms with Crippen molar-refractivity contribution < 1.29 is 9.13 Å². The molecule has 5 heteroatoms. The van der Waals surface area contributed by atoms with Gasteiger partial charge in [0.15, 0.2) is 0 Å². The van der Waals surface area contributed by atoms with Crippen molar-refractivity contribution in [3.8, 4) is 11.1 Å². The minimum Gasteiger partial charge on any atom is -0.378 e. The van der Waals surface area contributed by atoms with E-state index in [1.807, 2.05) is 36.5 Å². The van der Waals surface area contributed by atoms with Crippen molar-refractivity contribution in [2.45, 2.75) is 0 Å². The van der Waals surface area contributed by atoms with Crippen LogP contribution in [0.1, 0.15) is 5.56 Å². The highest BCUT2D eigenvalue weighted by atomic mass is 19.1. The Balaban J connectivity index is 1.54. The van der Waals surface area contributed by atoms with Crippen LogP contribution >= 0.6 is 0 Å². The normalized spacial score (nSPS) is 16.0. The van der Waals surface area contributed by atoms with Crippen molar-refractivity contribution in [1.29, 1.82) is 0 Å². The zero-order chi connectivity index (χ0) is 19.6. The van der Waals surface area contributed by atoms with Gasteiger partial charge < -0.3 is 14.5 Å². The molecule has 0 saturated carbocycles. The van der Waals surface area contributed by atoms with Gasteiger partial charge in [0.05, 0.1) is 18.9 Å². The van der Waals surface area contributed by atoms with Gasteiger partial charge in [0.25, 0.3) is 0 Å². The maximum Gasteiger partial charge on any atom is 0.131 e. The van der Waals surface area contributed by atoms with E-state index in [4.69, 9.17) is 4.74 Å². The van der Waals surface area contributed by atoms with Crippen LogP contribution in [0, 0.1) is 5.82 Å². The fourth-order valence-electron chi connectivity index (χ4n) is 4.03. The molecule has 4 nitrogen and oxygen atoms in total. The summed E-state index contributed by atoms with van der Waals surface area (Å²) in [7, 11) is 0. The Labute approximate surface area is 169 Å². The summed E-state index contributed by atoms with van der Waals surface area (Å²) in [5.41, 5.74) is 5.71. The van der Waals surface area contributed by atoms with Crippen molar-refractivity contribution in [1.82, 2.24) is 0 Å². The van der Waals surface area contributed by atoms with Gasteiger partial charge in [0.1, 0.15) is 12.5 Å². The van der Waals surface area contributed by atoms with E-state index in [0.717, 1.165) is 48.8 Å². The van der Waals surface area contributed by atoms with E-state index < -0.39 is 0 Å².